The summed E-state index contributed by atoms with van der Waals surface area (Å²) in [5.41, 5.74) is 0.409. The van der Waals surface area contributed by atoms with Gasteiger partial charge in [0.1, 0.15) is 0 Å². The fourth-order valence-electron chi connectivity index (χ4n) is 1.79. The number of rotatable bonds is 5. The summed E-state index contributed by atoms with van der Waals surface area (Å²) in [5, 5.41) is 3.61. The molecule has 1 atom stereocenters. The van der Waals surface area contributed by atoms with Crippen LogP contribution in [0.3, 0.4) is 0 Å². The van der Waals surface area contributed by atoms with Crippen LogP contribution in [0.25, 0.3) is 0 Å². The molecule has 0 aliphatic heterocycles. The van der Waals surface area contributed by atoms with E-state index in [9.17, 15) is 13.2 Å². The van der Waals surface area contributed by atoms with Crippen molar-refractivity contribution in [1.29, 1.82) is 0 Å². The van der Waals surface area contributed by atoms with Gasteiger partial charge in [0.05, 0.1) is 21.0 Å². The van der Waals surface area contributed by atoms with Gasteiger partial charge in [0, 0.05) is 10.7 Å². The van der Waals surface area contributed by atoms with Crippen molar-refractivity contribution in [2.45, 2.75) is 17.9 Å². The van der Waals surface area contributed by atoms with E-state index in [0.717, 1.165) is 0 Å². The number of hydrogen-bond donors (Lipinski definition) is 2. The monoisotopic (exact) mass is 406 g/mol. The van der Waals surface area contributed by atoms with Crippen LogP contribution >= 0.6 is 34.8 Å². The van der Waals surface area contributed by atoms with E-state index in [2.05, 4.69) is 10.0 Å². The lowest BCUT2D eigenvalue weighted by Gasteiger charge is -2.15. The third-order valence-electron chi connectivity index (χ3n) is 3.04. The van der Waals surface area contributed by atoms with E-state index >= 15 is 0 Å². The molecule has 2 aromatic rings. The fraction of sp³-hybridized carbons (Fsp3) is 0.133. The predicted molar refractivity (Wildman–Crippen MR) is 96.3 cm³/mol. The Morgan fingerprint density at radius 2 is 1.62 bits per heavy atom. The van der Waals surface area contributed by atoms with Gasteiger partial charge in [-0.25, -0.2) is 8.42 Å². The number of amides is 1. The zero-order valence-corrected chi connectivity index (χ0v) is 15.5. The van der Waals surface area contributed by atoms with E-state index in [1.807, 2.05) is 0 Å². The molecule has 0 bridgehead atoms. The van der Waals surface area contributed by atoms with Crippen molar-refractivity contribution in [3.63, 3.8) is 0 Å². The Balaban J connectivity index is 2.07. The first-order valence-electron chi connectivity index (χ1n) is 6.73. The van der Waals surface area contributed by atoms with Gasteiger partial charge in [-0.1, -0.05) is 34.8 Å². The highest BCUT2D eigenvalue weighted by Gasteiger charge is 2.22. The van der Waals surface area contributed by atoms with Crippen molar-refractivity contribution >= 4 is 56.4 Å². The number of benzene rings is 2. The van der Waals surface area contributed by atoms with Gasteiger partial charge in [-0.3, -0.25) is 4.79 Å². The first kappa shape index (κ1) is 19.0. The van der Waals surface area contributed by atoms with Crippen LogP contribution in [0, 0.1) is 0 Å². The van der Waals surface area contributed by atoms with Crippen molar-refractivity contribution < 1.29 is 13.2 Å². The van der Waals surface area contributed by atoms with E-state index in [-0.39, 0.29) is 9.92 Å². The second kappa shape index (κ2) is 7.72. The molecular formula is C15H13Cl3N2O3S. The van der Waals surface area contributed by atoms with Gasteiger partial charge in [0.15, 0.2) is 0 Å². The number of halogens is 3. The van der Waals surface area contributed by atoms with Crippen LogP contribution in [0.4, 0.5) is 5.69 Å². The Morgan fingerprint density at radius 1 is 1.00 bits per heavy atom. The van der Waals surface area contributed by atoms with E-state index in [0.29, 0.717) is 15.7 Å². The standard InChI is InChI=1S/C15H13Cl3N2O3S/c1-9(15(21)19-11-4-7-13(17)14(18)8-11)20-24(22,23)12-5-2-10(16)3-6-12/h2-9,20H,1H3,(H,19,21)/t9-/m1/s1. The molecule has 0 saturated carbocycles. The zero-order valence-electron chi connectivity index (χ0n) is 12.4. The molecular weight excluding hydrogens is 395 g/mol. The minimum Gasteiger partial charge on any atom is -0.325 e. The summed E-state index contributed by atoms with van der Waals surface area (Å²) in [6, 6.07) is 9.19. The van der Waals surface area contributed by atoms with Crippen LogP contribution in [-0.2, 0) is 14.8 Å². The summed E-state index contributed by atoms with van der Waals surface area (Å²) in [7, 11) is -3.85. The normalized spacial score (nSPS) is 12.7. The van der Waals surface area contributed by atoms with Crippen LogP contribution in [0.1, 0.15) is 6.92 Å². The molecule has 0 spiro atoms. The minimum atomic E-state index is -3.85. The first-order valence-corrected chi connectivity index (χ1v) is 9.34. The lowest BCUT2D eigenvalue weighted by atomic mass is 10.3. The lowest BCUT2D eigenvalue weighted by Crippen LogP contribution is -2.41. The summed E-state index contributed by atoms with van der Waals surface area (Å²) < 4.78 is 26.8. The number of nitrogens with one attached hydrogen (secondary N) is 2. The maximum absolute atomic E-state index is 12.2. The Kier molecular flexibility index (Phi) is 6.11. The molecule has 2 rings (SSSR count). The molecule has 0 fully saturated rings. The predicted octanol–water partition coefficient (Wildman–Crippen LogP) is 3.95. The molecule has 1 amide bonds. The Labute approximate surface area is 155 Å². The van der Waals surface area contributed by atoms with E-state index in [1.54, 1.807) is 6.07 Å². The molecule has 0 saturated heterocycles. The van der Waals surface area contributed by atoms with Gasteiger partial charge >= 0.3 is 0 Å². The third kappa shape index (κ3) is 4.84. The molecule has 0 aromatic heterocycles. The first-order chi connectivity index (χ1) is 11.2. The molecule has 5 nitrogen and oxygen atoms in total. The Hall–Kier alpha value is -1.31. The van der Waals surface area contributed by atoms with E-state index in [4.69, 9.17) is 34.8 Å². The van der Waals surface area contributed by atoms with Crippen LogP contribution < -0.4 is 10.0 Å². The molecule has 0 aliphatic carbocycles. The van der Waals surface area contributed by atoms with E-state index < -0.39 is 22.0 Å². The van der Waals surface area contributed by atoms with Crippen molar-refractivity contribution in [3.8, 4) is 0 Å². The number of sulfonamides is 1. The minimum absolute atomic E-state index is 0.0149. The van der Waals surface area contributed by atoms with Crippen LogP contribution in [0.15, 0.2) is 47.4 Å². The average Bonchev–Trinajstić information content (AvgIpc) is 2.51. The SMILES string of the molecule is C[C@@H](NS(=O)(=O)c1ccc(Cl)cc1)C(=O)Nc1ccc(Cl)c(Cl)c1. The van der Waals surface area contributed by atoms with Crippen LogP contribution in [-0.4, -0.2) is 20.4 Å². The summed E-state index contributed by atoms with van der Waals surface area (Å²) in [6.45, 7) is 1.43. The second-order valence-electron chi connectivity index (χ2n) is 4.92. The highest BCUT2D eigenvalue weighted by atomic mass is 35.5. The van der Waals surface area contributed by atoms with Crippen molar-refractivity contribution in [1.82, 2.24) is 4.72 Å². The molecule has 2 N–H and O–H groups in total. The van der Waals surface area contributed by atoms with Gasteiger partial charge in [-0.2, -0.15) is 4.72 Å². The molecule has 24 heavy (non-hydrogen) atoms. The maximum Gasteiger partial charge on any atom is 0.242 e. The quantitative estimate of drug-likeness (QED) is 0.788. The van der Waals surface area contributed by atoms with Gasteiger partial charge < -0.3 is 5.32 Å². The number of hydrogen-bond acceptors (Lipinski definition) is 3. The molecule has 0 heterocycles. The van der Waals surface area contributed by atoms with Crippen LogP contribution in [0.5, 0.6) is 0 Å². The third-order valence-corrected chi connectivity index (χ3v) is 5.58. The Bertz CT molecular complexity index is 855. The van der Waals surface area contributed by atoms with E-state index in [1.165, 1.54) is 43.3 Å². The smallest absolute Gasteiger partial charge is 0.242 e. The average molecular weight is 408 g/mol. The number of carbonyl (C=O) groups excluding carboxylic acids is 1. The highest BCUT2D eigenvalue weighted by Crippen LogP contribution is 2.25. The fourth-order valence-corrected chi connectivity index (χ4v) is 3.42. The summed E-state index contributed by atoms with van der Waals surface area (Å²) in [5.74, 6) is -0.536. The molecule has 0 radical (unpaired) electrons. The molecule has 0 unspecified atom stereocenters. The maximum atomic E-state index is 12.2. The van der Waals surface area contributed by atoms with Crippen LogP contribution in [0.2, 0.25) is 15.1 Å². The Morgan fingerprint density at radius 3 is 2.21 bits per heavy atom. The highest BCUT2D eigenvalue weighted by molar-refractivity contribution is 7.89. The van der Waals surface area contributed by atoms with Gasteiger partial charge in [0.2, 0.25) is 15.9 Å². The molecule has 0 aliphatic rings. The van der Waals surface area contributed by atoms with Crippen molar-refractivity contribution in [2.24, 2.45) is 0 Å². The lowest BCUT2D eigenvalue weighted by molar-refractivity contribution is -0.117. The topological polar surface area (TPSA) is 75.3 Å². The largest absolute Gasteiger partial charge is 0.325 e. The zero-order chi connectivity index (χ0) is 17.9. The van der Waals surface area contributed by atoms with Gasteiger partial charge in [0.25, 0.3) is 0 Å². The second-order valence-corrected chi connectivity index (χ2v) is 7.88. The molecule has 2 aromatic carbocycles. The van der Waals surface area contributed by atoms with Crippen molar-refractivity contribution in [3.05, 3.63) is 57.5 Å². The summed E-state index contributed by atoms with van der Waals surface area (Å²) >= 11 is 17.4. The number of anilines is 1. The van der Waals surface area contributed by atoms with Gasteiger partial charge in [-0.05, 0) is 49.4 Å². The number of carbonyl (C=O) groups is 1. The molecule has 9 heteroatoms. The summed E-state index contributed by atoms with van der Waals surface area (Å²) in [4.78, 5) is 12.2. The van der Waals surface area contributed by atoms with Crippen molar-refractivity contribution in [2.75, 3.05) is 5.32 Å². The summed E-state index contributed by atoms with van der Waals surface area (Å²) in [6.07, 6.45) is 0. The van der Waals surface area contributed by atoms with Gasteiger partial charge in [-0.15, -0.1) is 0 Å². The molecule has 128 valence electrons.